The first-order chi connectivity index (χ1) is 14.1. The zero-order chi connectivity index (χ0) is 21.5. The number of ether oxygens (including phenoxy) is 2. The molecule has 1 heterocycles. The number of allylic oxidation sites excluding steroid dienone is 1. The van der Waals surface area contributed by atoms with E-state index in [-0.39, 0.29) is 19.0 Å². The molecule has 9 heteroatoms. The monoisotopic (exact) mass is 406 g/mol. The quantitative estimate of drug-likeness (QED) is 0.178. The Labute approximate surface area is 171 Å². The number of carbonyl (C=O) groups is 2. The van der Waals surface area contributed by atoms with Gasteiger partial charge in [-0.15, -0.1) is 0 Å². The van der Waals surface area contributed by atoms with Crippen molar-refractivity contribution in [3.05, 3.63) is 24.4 Å². The number of rotatable bonds is 11. The number of nitrogens with zero attached hydrogens (tertiary/aromatic N) is 3. The molecule has 0 aromatic carbocycles. The summed E-state index contributed by atoms with van der Waals surface area (Å²) in [6.45, 7) is 2.15. The van der Waals surface area contributed by atoms with E-state index in [1.165, 1.54) is 24.2 Å². The van der Waals surface area contributed by atoms with E-state index in [4.69, 9.17) is 9.47 Å². The summed E-state index contributed by atoms with van der Waals surface area (Å²) in [6, 6.07) is 2.08. The Morgan fingerprint density at radius 2 is 2.21 bits per heavy atom. The Bertz CT molecular complexity index is 641. The smallest absolute Gasteiger partial charge is 0.412 e. The topological polar surface area (TPSA) is 124 Å². The lowest BCUT2D eigenvalue weighted by atomic mass is 10.1. The summed E-state index contributed by atoms with van der Waals surface area (Å²) in [4.78, 5) is 28.3. The maximum atomic E-state index is 11.8. The van der Waals surface area contributed by atoms with Gasteiger partial charge < -0.3 is 14.6 Å². The second-order valence-corrected chi connectivity index (χ2v) is 6.44. The molecule has 0 aromatic rings. The van der Waals surface area contributed by atoms with Gasteiger partial charge in [-0.05, 0) is 25.3 Å². The summed E-state index contributed by atoms with van der Waals surface area (Å²) >= 11 is 0. The predicted octanol–water partition coefficient (Wildman–Crippen LogP) is 2.10. The predicted molar refractivity (Wildman–Crippen MR) is 108 cm³/mol. The van der Waals surface area contributed by atoms with Crippen molar-refractivity contribution in [3.8, 4) is 6.07 Å². The summed E-state index contributed by atoms with van der Waals surface area (Å²) in [5.74, 6) is -0.377. The molecule has 3 unspecified atom stereocenters. The highest BCUT2D eigenvalue weighted by Gasteiger charge is 2.38. The molecule has 29 heavy (non-hydrogen) atoms. The third-order valence-electron chi connectivity index (χ3n) is 4.26. The number of carbonyl (C=O) groups excluding carboxylic acids is 2. The van der Waals surface area contributed by atoms with Crippen LogP contribution in [0.15, 0.2) is 29.4 Å². The zero-order valence-electron chi connectivity index (χ0n) is 17.0. The van der Waals surface area contributed by atoms with Crippen LogP contribution in [0.1, 0.15) is 39.0 Å². The van der Waals surface area contributed by atoms with Crippen LogP contribution < -0.4 is 5.32 Å². The molecule has 0 saturated carbocycles. The lowest BCUT2D eigenvalue weighted by molar-refractivity contribution is -0.128. The second kappa shape index (κ2) is 14.3. The van der Waals surface area contributed by atoms with Gasteiger partial charge in [-0.25, -0.2) is 4.79 Å². The first-order valence-electron chi connectivity index (χ1n) is 9.71. The average molecular weight is 406 g/mol. The molecule has 1 rings (SSSR count). The van der Waals surface area contributed by atoms with E-state index in [1.54, 1.807) is 0 Å². The van der Waals surface area contributed by atoms with Gasteiger partial charge in [-0.1, -0.05) is 31.9 Å². The van der Waals surface area contributed by atoms with Crippen molar-refractivity contribution in [2.24, 2.45) is 10.9 Å². The van der Waals surface area contributed by atoms with Crippen molar-refractivity contribution in [1.82, 2.24) is 10.2 Å². The number of nitrogens with one attached hydrogen (secondary N) is 1. The Kier molecular flexibility index (Phi) is 12.0. The Morgan fingerprint density at radius 3 is 2.83 bits per heavy atom. The molecule has 2 N–H and O–H groups in total. The molecule has 3 atom stereocenters. The molecule has 160 valence electrons. The van der Waals surface area contributed by atoms with Crippen LogP contribution in [0.4, 0.5) is 4.79 Å². The molecule has 1 saturated heterocycles. The summed E-state index contributed by atoms with van der Waals surface area (Å²) in [7, 11) is 1.48. The minimum absolute atomic E-state index is 0.186. The fourth-order valence-electron chi connectivity index (χ4n) is 2.69. The van der Waals surface area contributed by atoms with Crippen LogP contribution in [0.5, 0.6) is 0 Å². The molecule has 1 fully saturated rings. The minimum atomic E-state index is -0.810. The summed E-state index contributed by atoms with van der Waals surface area (Å²) < 4.78 is 10.6. The van der Waals surface area contributed by atoms with Gasteiger partial charge in [0.2, 0.25) is 6.41 Å². The van der Waals surface area contributed by atoms with Gasteiger partial charge in [-0.2, -0.15) is 5.26 Å². The molecule has 0 bridgehead atoms. The molecule has 0 aromatic heterocycles. The highest BCUT2D eigenvalue weighted by molar-refractivity contribution is 6.02. The normalized spacial score (nSPS) is 22.0. The van der Waals surface area contributed by atoms with Crippen molar-refractivity contribution in [1.29, 1.82) is 5.26 Å². The molecular formula is C20H30N4O5. The van der Waals surface area contributed by atoms with E-state index in [0.29, 0.717) is 19.3 Å². The molecule has 9 nitrogen and oxygen atoms in total. The summed E-state index contributed by atoms with van der Waals surface area (Å²) in [6.07, 6.45) is 9.64. The van der Waals surface area contributed by atoms with Crippen LogP contribution >= 0.6 is 0 Å². The van der Waals surface area contributed by atoms with Gasteiger partial charge >= 0.3 is 6.09 Å². The van der Waals surface area contributed by atoms with Crippen LogP contribution in [0.3, 0.4) is 0 Å². The number of hydrogen-bond acceptors (Lipinski definition) is 7. The standard InChI is InChI=1S/C20H30N4O5/c1-3-4-5-6-7-8-11-28-20(27)23-18(22-2)9-10-24(15-26)19-16(13-21)12-17(14-25)29-19/h6-7,9-10,15-17,19,25H,3-5,8,11-12,14H2,1-2H3,(H,22,23,27)/b7-6-,10-9-. The van der Waals surface area contributed by atoms with E-state index in [0.717, 1.165) is 19.3 Å². The van der Waals surface area contributed by atoms with E-state index < -0.39 is 24.3 Å². The van der Waals surface area contributed by atoms with Gasteiger partial charge in [-0.3, -0.25) is 20.0 Å². The van der Waals surface area contributed by atoms with Crippen LogP contribution in [0, 0.1) is 17.2 Å². The first kappa shape index (κ1) is 24.3. The van der Waals surface area contributed by atoms with E-state index in [1.807, 2.05) is 6.08 Å². The van der Waals surface area contributed by atoms with Crippen molar-refractivity contribution in [3.63, 3.8) is 0 Å². The minimum Gasteiger partial charge on any atom is -0.449 e. The van der Waals surface area contributed by atoms with Gasteiger partial charge in [0.1, 0.15) is 5.84 Å². The number of alkyl carbamates (subject to hydrolysis) is 1. The maximum absolute atomic E-state index is 11.8. The number of unbranched alkanes of at least 4 members (excludes halogenated alkanes) is 2. The first-order valence-corrected chi connectivity index (χ1v) is 9.71. The van der Waals surface area contributed by atoms with Gasteiger partial charge in [0.05, 0.1) is 31.3 Å². The number of aliphatic hydroxyl groups excluding tert-OH is 1. The zero-order valence-corrected chi connectivity index (χ0v) is 17.0. The van der Waals surface area contributed by atoms with Gasteiger partial charge in [0.25, 0.3) is 0 Å². The molecule has 0 radical (unpaired) electrons. The SMILES string of the molecule is CCCC/C=C\CCOC(=O)NC(/C=C\N(C=O)C1OC(CO)CC1C#N)=NC. The molecule has 2 amide bonds. The van der Waals surface area contributed by atoms with Crippen LogP contribution in [-0.2, 0) is 14.3 Å². The Hall–Kier alpha value is -2.70. The van der Waals surface area contributed by atoms with Crippen molar-refractivity contribution in [2.75, 3.05) is 20.3 Å². The van der Waals surface area contributed by atoms with Crippen molar-refractivity contribution in [2.45, 2.75) is 51.4 Å². The Morgan fingerprint density at radius 1 is 1.45 bits per heavy atom. The number of aliphatic hydroxyl groups is 1. The van der Waals surface area contributed by atoms with Gasteiger partial charge in [0, 0.05) is 13.2 Å². The van der Waals surface area contributed by atoms with Crippen molar-refractivity contribution < 1.29 is 24.2 Å². The molecular weight excluding hydrogens is 376 g/mol. The average Bonchev–Trinajstić information content (AvgIpc) is 3.16. The highest BCUT2D eigenvalue weighted by Crippen LogP contribution is 2.27. The number of hydrogen-bond donors (Lipinski definition) is 2. The maximum Gasteiger partial charge on any atom is 0.412 e. The third-order valence-corrected chi connectivity index (χ3v) is 4.26. The fourth-order valence-corrected chi connectivity index (χ4v) is 2.69. The fraction of sp³-hybridized carbons (Fsp3) is 0.600. The van der Waals surface area contributed by atoms with Crippen molar-refractivity contribution >= 4 is 18.3 Å². The lowest BCUT2D eigenvalue weighted by Crippen LogP contribution is -2.35. The second-order valence-electron chi connectivity index (χ2n) is 6.44. The van der Waals surface area contributed by atoms with Crippen LogP contribution in [0.2, 0.25) is 0 Å². The number of nitriles is 1. The van der Waals surface area contributed by atoms with Crippen LogP contribution in [0.25, 0.3) is 0 Å². The number of amidine groups is 1. The van der Waals surface area contributed by atoms with Gasteiger partial charge in [0.15, 0.2) is 6.23 Å². The third kappa shape index (κ3) is 8.89. The molecule has 0 aliphatic carbocycles. The molecule has 1 aliphatic heterocycles. The largest absolute Gasteiger partial charge is 0.449 e. The highest BCUT2D eigenvalue weighted by atomic mass is 16.5. The van der Waals surface area contributed by atoms with Crippen LogP contribution in [-0.4, -0.2) is 60.9 Å². The summed E-state index contributed by atoms with van der Waals surface area (Å²) in [5, 5.41) is 20.9. The summed E-state index contributed by atoms with van der Waals surface area (Å²) in [5.41, 5.74) is 0. The van der Waals surface area contributed by atoms with E-state index >= 15 is 0 Å². The van der Waals surface area contributed by atoms with E-state index in [2.05, 4.69) is 29.4 Å². The lowest BCUT2D eigenvalue weighted by Gasteiger charge is -2.22. The van der Waals surface area contributed by atoms with E-state index in [9.17, 15) is 20.0 Å². The molecule has 0 spiro atoms. The number of aliphatic imine (C=N–C) groups is 1. The number of amides is 2. The molecule has 1 aliphatic rings. The Balaban J connectivity index is 2.51.